The first-order valence-electron chi connectivity index (χ1n) is 6.83. The third-order valence-corrected chi connectivity index (χ3v) is 4.75. The Labute approximate surface area is 131 Å². The molecule has 3 N–H and O–H groups in total. The van der Waals surface area contributed by atoms with Crippen molar-refractivity contribution >= 4 is 15.9 Å². The number of hydrogen-bond donors (Lipinski definition) is 3. The summed E-state index contributed by atoms with van der Waals surface area (Å²) in [7, 11) is -4.19. The predicted molar refractivity (Wildman–Crippen MR) is 76.0 cm³/mol. The minimum absolute atomic E-state index is 0.319. The lowest BCUT2D eigenvalue weighted by atomic mass is 10.0. The van der Waals surface area contributed by atoms with E-state index in [2.05, 4.69) is 10.6 Å². The normalized spacial score (nSPS) is 16.0. The summed E-state index contributed by atoms with van der Waals surface area (Å²) < 4.78 is 63.7. The Kier molecular flexibility index (Phi) is 5.27. The highest BCUT2D eigenvalue weighted by molar-refractivity contribution is 7.89. The number of carbonyl (C=O) groups excluding carboxylic acids is 1. The molecule has 0 atom stereocenters. The number of alkyl halides is 3. The molecule has 23 heavy (non-hydrogen) atoms. The van der Waals surface area contributed by atoms with Gasteiger partial charge in [0.05, 0.1) is 17.0 Å². The van der Waals surface area contributed by atoms with Gasteiger partial charge in [0.1, 0.15) is 0 Å². The average molecular weight is 351 g/mol. The molecule has 1 fully saturated rings. The molecule has 0 spiro atoms. The van der Waals surface area contributed by atoms with Crippen LogP contribution >= 0.6 is 0 Å². The summed E-state index contributed by atoms with van der Waals surface area (Å²) in [6.07, 6.45) is -4.64. The molecule has 1 aromatic rings. The van der Waals surface area contributed by atoms with Gasteiger partial charge in [-0.2, -0.15) is 13.2 Å². The summed E-state index contributed by atoms with van der Waals surface area (Å²) in [5, 5.41) is 5.58. The van der Waals surface area contributed by atoms with Crippen molar-refractivity contribution in [1.82, 2.24) is 15.4 Å². The largest absolute Gasteiger partial charge is 0.416 e. The highest BCUT2D eigenvalue weighted by atomic mass is 32.2. The van der Waals surface area contributed by atoms with Gasteiger partial charge in [-0.1, -0.05) is 6.07 Å². The minimum Gasteiger partial charge on any atom is -0.355 e. The molecular formula is C13H16F3N3O3S. The second-order valence-corrected chi connectivity index (χ2v) is 6.95. The van der Waals surface area contributed by atoms with Gasteiger partial charge in [0.25, 0.3) is 0 Å². The number of nitrogens with one attached hydrogen (secondary N) is 3. The van der Waals surface area contributed by atoms with Crippen LogP contribution in [-0.2, 0) is 21.0 Å². The van der Waals surface area contributed by atoms with Gasteiger partial charge >= 0.3 is 6.18 Å². The summed E-state index contributed by atoms with van der Waals surface area (Å²) in [6, 6.07) is 3.34. The van der Waals surface area contributed by atoms with E-state index in [4.69, 9.17) is 0 Å². The van der Waals surface area contributed by atoms with Gasteiger partial charge in [-0.15, -0.1) is 0 Å². The standard InChI is InChI=1S/C13H16F3N3O3S/c14-13(15,16)10-2-1-3-11(4-10)23(21,22)19-8-12(20)18-7-9-5-17-6-9/h1-4,9,17,19H,5-8H2,(H,18,20). The van der Waals surface area contributed by atoms with Gasteiger partial charge in [-0.05, 0) is 18.2 Å². The quantitative estimate of drug-likeness (QED) is 0.689. The number of benzene rings is 1. The first kappa shape index (κ1) is 17.7. The van der Waals surface area contributed by atoms with Crippen molar-refractivity contribution < 1.29 is 26.4 Å². The van der Waals surface area contributed by atoms with E-state index in [1.54, 1.807) is 0 Å². The molecule has 0 radical (unpaired) electrons. The molecule has 1 aromatic carbocycles. The second kappa shape index (κ2) is 6.85. The van der Waals surface area contributed by atoms with Gasteiger partial charge < -0.3 is 10.6 Å². The molecule has 10 heteroatoms. The molecule has 0 bridgehead atoms. The van der Waals surface area contributed by atoms with E-state index in [-0.39, 0.29) is 0 Å². The van der Waals surface area contributed by atoms with Gasteiger partial charge in [0.2, 0.25) is 15.9 Å². The third kappa shape index (κ3) is 4.91. The highest BCUT2D eigenvalue weighted by Gasteiger charge is 2.31. The van der Waals surface area contributed by atoms with E-state index in [1.807, 2.05) is 4.72 Å². The van der Waals surface area contributed by atoms with Crippen molar-refractivity contribution in [2.24, 2.45) is 5.92 Å². The molecule has 1 saturated heterocycles. The smallest absolute Gasteiger partial charge is 0.355 e. The number of carbonyl (C=O) groups is 1. The molecule has 2 rings (SSSR count). The molecule has 0 aliphatic carbocycles. The van der Waals surface area contributed by atoms with E-state index in [0.29, 0.717) is 18.5 Å². The van der Waals surface area contributed by atoms with Gasteiger partial charge in [0, 0.05) is 25.6 Å². The predicted octanol–water partition coefficient (Wildman–Crippen LogP) is 0.319. The van der Waals surface area contributed by atoms with Gasteiger partial charge in [-0.25, -0.2) is 13.1 Å². The molecule has 1 amide bonds. The van der Waals surface area contributed by atoms with Crippen LogP contribution < -0.4 is 15.4 Å². The van der Waals surface area contributed by atoms with Crippen LogP contribution in [-0.4, -0.2) is 40.5 Å². The topological polar surface area (TPSA) is 87.3 Å². The lowest BCUT2D eigenvalue weighted by Crippen LogP contribution is -2.49. The van der Waals surface area contributed by atoms with E-state index in [1.165, 1.54) is 0 Å². The maximum atomic E-state index is 12.6. The molecule has 1 heterocycles. The van der Waals surface area contributed by atoms with Crippen molar-refractivity contribution in [1.29, 1.82) is 0 Å². The Balaban J connectivity index is 1.94. The fourth-order valence-electron chi connectivity index (χ4n) is 1.90. The Morgan fingerprint density at radius 1 is 1.30 bits per heavy atom. The minimum atomic E-state index is -4.64. The summed E-state index contributed by atoms with van der Waals surface area (Å²) in [5.74, 6) is -0.216. The van der Waals surface area contributed by atoms with Crippen LogP contribution in [0.5, 0.6) is 0 Å². The number of halogens is 3. The molecular weight excluding hydrogens is 335 g/mol. The molecule has 128 valence electrons. The van der Waals surface area contributed by atoms with Crippen LogP contribution in [0.1, 0.15) is 5.56 Å². The lowest BCUT2D eigenvalue weighted by molar-refractivity contribution is -0.137. The fraction of sp³-hybridized carbons (Fsp3) is 0.462. The summed E-state index contributed by atoms with van der Waals surface area (Å²) in [6.45, 7) is 1.47. The number of sulfonamides is 1. The van der Waals surface area contributed by atoms with E-state index < -0.39 is 39.1 Å². The van der Waals surface area contributed by atoms with Gasteiger partial charge in [-0.3, -0.25) is 4.79 Å². The zero-order chi connectivity index (χ0) is 17.1. The summed E-state index contributed by atoms with van der Waals surface area (Å²) in [5.41, 5.74) is -1.07. The van der Waals surface area contributed by atoms with Crippen LogP contribution in [0.4, 0.5) is 13.2 Å². The van der Waals surface area contributed by atoms with Crippen LogP contribution in [0.2, 0.25) is 0 Å². The first-order valence-corrected chi connectivity index (χ1v) is 8.31. The molecule has 1 aliphatic rings. The van der Waals surface area contributed by atoms with Crippen LogP contribution in [0.3, 0.4) is 0 Å². The van der Waals surface area contributed by atoms with Crippen molar-refractivity contribution in [3.63, 3.8) is 0 Å². The first-order chi connectivity index (χ1) is 10.7. The Hall–Kier alpha value is -1.65. The average Bonchev–Trinajstić information content (AvgIpc) is 2.43. The molecule has 1 aliphatic heterocycles. The molecule has 0 unspecified atom stereocenters. The summed E-state index contributed by atoms with van der Waals surface area (Å²) >= 11 is 0. The van der Waals surface area contributed by atoms with E-state index in [0.717, 1.165) is 31.3 Å². The molecule has 0 saturated carbocycles. The SMILES string of the molecule is O=C(CNS(=O)(=O)c1cccc(C(F)(F)F)c1)NCC1CNC1. The van der Waals surface area contributed by atoms with E-state index in [9.17, 15) is 26.4 Å². The summed E-state index contributed by atoms with van der Waals surface area (Å²) in [4.78, 5) is 11.0. The maximum absolute atomic E-state index is 12.6. The van der Waals surface area contributed by atoms with E-state index >= 15 is 0 Å². The highest BCUT2D eigenvalue weighted by Crippen LogP contribution is 2.30. The van der Waals surface area contributed by atoms with Crippen molar-refractivity contribution in [3.8, 4) is 0 Å². The zero-order valence-corrected chi connectivity index (χ0v) is 12.8. The van der Waals surface area contributed by atoms with Crippen molar-refractivity contribution in [2.75, 3.05) is 26.2 Å². The lowest BCUT2D eigenvalue weighted by Gasteiger charge is -2.27. The monoisotopic (exact) mass is 351 g/mol. The second-order valence-electron chi connectivity index (χ2n) is 5.18. The number of amides is 1. The number of hydrogen-bond acceptors (Lipinski definition) is 4. The van der Waals surface area contributed by atoms with Crippen LogP contribution in [0.15, 0.2) is 29.2 Å². The Morgan fingerprint density at radius 2 is 2.00 bits per heavy atom. The Morgan fingerprint density at radius 3 is 2.57 bits per heavy atom. The van der Waals surface area contributed by atoms with Crippen LogP contribution in [0, 0.1) is 5.92 Å². The maximum Gasteiger partial charge on any atom is 0.416 e. The van der Waals surface area contributed by atoms with Crippen molar-refractivity contribution in [2.45, 2.75) is 11.1 Å². The fourth-order valence-corrected chi connectivity index (χ4v) is 2.92. The molecule has 0 aromatic heterocycles. The number of rotatable bonds is 6. The van der Waals surface area contributed by atoms with Crippen molar-refractivity contribution in [3.05, 3.63) is 29.8 Å². The Bertz CT molecular complexity index is 673. The third-order valence-electron chi connectivity index (χ3n) is 3.35. The zero-order valence-electron chi connectivity index (χ0n) is 12.0. The van der Waals surface area contributed by atoms with Gasteiger partial charge in [0.15, 0.2) is 0 Å². The molecule has 6 nitrogen and oxygen atoms in total. The van der Waals surface area contributed by atoms with Crippen LogP contribution in [0.25, 0.3) is 0 Å².